The molecule has 1 fully saturated rings. The molecule has 1 aliphatic heterocycles. The number of rotatable bonds is 5. The Labute approximate surface area is 107 Å². The predicted octanol–water partition coefficient (Wildman–Crippen LogP) is 0.00600. The second-order valence-electron chi connectivity index (χ2n) is 4.83. The number of aromatic nitrogens is 3. The van der Waals surface area contributed by atoms with Gasteiger partial charge in [-0.05, 0) is 38.8 Å². The Hall–Kier alpha value is -1.43. The average molecular weight is 251 g/mol. The summed E-state index contributed by atoms with van der Waals surface area (Å²) in [5, 5.41) is 14.2. The quantitative estimate of drug-likeness (QED) is 0.773. The maximum absolute atomic E-state index is 11.7. The Bertz CT molecular complexity index is 384. The minimum Gasteiger partial charge on any atom is -0.353 e. The molecule has 2 rings (SSSR count). The van der Waals surface area contributed by atoms with Crippen molar-refractivity contribution in [3.8, 4) is 0 Å². The molecule has 1 aromatic rings. The number of hydrogen-bond donors (Lipinski definition) is 2. The Kier molecular flexibility index (Phi) is 4.69. The first-order valence-electron chi connectivity index (χ1n) is 6.59. The lowest BCUT2D eigenvalue weighted by atomic mass is 10.1. The molecule has 2 heterocycles. The minimum atomic E-state index is 0.158. The van der Waals surface area contributed by atoms with Crippen LogP contribution in [0.25, 0.3) is 0 Å². The third-order valence-corrected chi connectivity index (χ3v) is 3.19. The molecule has 0 bridgehead atoms. The van der Waals surface area contributed by atoms with Crippen LogP contribution in [-0.4, -0.2) is 40.0 Å². The number of carbonyl (C=O) groups excluding carboxylic acids is 1. The van der Waals surface area contributed by atoms with Gasteiger partial charge in [-0.25, -0.2) is 0 Å². The van der Waals surface area contributed by atoms with Crippen molar-refractivity contribution < 1.29 is 4.79 Å². The van der Waals surface area contributed by atoms with Gasteiger partial charge in [-0.2, -0.15) is 0 Å². The van der Waals surface area contributed by atoms with Gasteiger partial charge >= 0.3 is 0 Å². The Morgan fingerprint density at radius 3 is 3.00 bits per heavy atom. The monoisotopic (exact) mass is 251 g/mol. The molecule has 1 aliphatic rings. The highest BCUT2D eigenvalue weighted by Crippen LogP contribution is 2.04. The van der Waals surface area contributed by atoms with Gasteiger partial charge in [0.1, 0.15) is 0 Å². The smallest absolute Gasteiger partial charge is 0.220 e. The van der Waals surface area contributed by atoms with Gasteiger partial charge in [0, 0.05) is 25.7 Å². The maximum atomic E-state index is 11.7. The van der Waals surface area contributed by atoms with Crippen LogP contribution in [0.3, 0.4) is 0 Å². The molecule has 1 aromatic heterocycles. The summed E-state index contributed by atoms with van der Waals surface area (Å²) in [5.41, 5.74) is 0.951. The molecule has 2 N–H and O–H groups in total. The molecule has 1 saturated heterocycles. The van der Waals surface area contributed by atoms with Gasteiger partial charge in [-0.15, -0.1) is 5.10 Å². The number of aryl methyl sites for hydroxylation is 2. The lowest BCUT2D eigenvalue weighted by Gasteiger charge is -2.23. The molecular formula is C12H21N5O. The fraction of sp³-hybridized carbons (Fsp3) is 0.750. The van der Waals surface area contributed by atoms with Crippen LogP contribution in [0.15, 0.2) is 6.20 Å². The van der Waals surface area contributed by atoms with E-state index in [9.17, 15) is 4.79 Å². The molecule has 0 radical (unpaired) electrons. The van der Waals surface area contributed by atoms with Crippen molar-refractivity contribution >= 4 is 5.91 Å². The lowest BCUT2D eigenvalue weighted by molar-refractivity contribution is -0.122. The van der Waals surface area contributed by atoms with E-state index in [-0.39, 0.29) is 5.91 Å². The summed E-state index contributed by atoms with van der Waals surface area (Å²) < 4.78 is 1.68. The summed E-state index contributed by atoms with van der Waals surface area (Å²) in [4.78, 5) is 11.7. The summed E-state index contributed by atoms with van der Waals surface area (Å²) in [5.74, 6) is 0.158. The van der Waals surface area contributed by atoms with Gasteiger partial charge in [0.05, 0.1) is 5.69 Å². The number of piperidine rings is 1. The highest BCUT2D eigenvalue weighted by Gasteiger charge is 2.14. The average Bonchev–Trinajstić information content (AvgIpc) is 2.76. The molecule has 1 amide bonds. The molecular weight excluding hydrogens is 230 g/mol. The SMILES string of the molecule is Cn1cc(CCCC(=O)NC2CCNCC2)nn1. The first kappa shape index (κ1) is 13.0. The number of amides is 1. The molecule has 18 heavy (non-hydrogen) atoms. The summed E-state index contributed by atoms with van der Waals surface area (Å²) in [6.45, 7) is 2.01. The minimum absolute atomic E-state index is 0.158. The maximum Gasteiger partial charge on any atom is 0.220 e. The molecule has 0 aromatic carbocycles. The Balaban J connectivity index is 1.62. The van der Waals surface area contributed by atoms with E-state index in [4.69, 9.17) is 0 Å². The zero-order valence-corrected chi connectivity index (χ0v) is 10.9. The molecule has 0 unspecified atom stereocenters. The van der Waals surface area contributed by atoms with Crippen molar-refractivity contribution in [2.75, 3.05) is 13.1 Å². The first-order chi connectivity index (χ1) is 8.74. The van der Waals surface area contributed by atoms with E-state index in [1.807, 2.05) is 13.2 Å². The third-order valence-electron chi connectivity index (χ3n) is 3.19. The highest BCUT2D eigenvalue weighted by molar-refractivity contribution is 5.76. The van der Waals surface area contributed by atoms with Crippen LogP contribution in [0.1, 0.15) is 31.4 Å². The van der Waals surface area contributed by atoms with Gasteiger partial charge in [0.15, 0.2) is 0 Å². The summed E-state index contributed by atoms with van der Waals surface area (Å²) in [6.07, 6.45) is 6.18. The predicted molar refractivity (Wildman–Crippen MR) is 68.0 cm³/mol. The van der Waals surface area contributed by atoms with Gasteiger partial charge < -0.3 is 10.6 Å². The first-order valence-corrected chi connectivity index (χ1v) is 6.59. The molecule has 100 valence electrons. The van der Waals surface area contributed by atoms with Gasteiger partial charge in [-0.1, -0.05) is 5.21 Å². The second-order valence-corrected chi connectivity index (χ2v) is 4.83. The van der Waals surface area contributed by atoms with E-state index in [2.05, 4.69) is 20.9 Å². The largest absolute Gasteiger partial charge is 0.353 e. The van der Waals surface area contributed by atoms with Gasteiger partial charge in [-0.3, -0.25) is 9.48 Å². The van der Waals surface area contributed by atoms with Crippen LogP contribution in [0.2, 0.25) is 0 Å². The molecule has 0 atom stereocenters. The summed E-state index contributed by atoms with van der Waals surface area (Å²) in [7, 11) is 1.85. The molecule has 6 heteroatoms. The number of nitrogens with zero attached hydrogens (tertiary/aromatic N) is 3. The van der Waals surface area contributed by atoms with E-state index in [0.717, 1.165) is 44.5 Å². The highest BCUT2D eigenvalue weighted by atomic mass is 16.1. The summed E-state index contributed by atoms with van der Waals surface area (Å²) >= 11 is 0. The third kappa shape index (κ3) is 4.10. The molecule has 0 spiro atoms. The Morgan fingerprint density at radius 2 is 2.33 bits per heavy atom. The topological polar surface area (TPSA) is 71.8 Å². The van der Waals surface area contributed by atoms with Gasteiger partial charge in [0.25, 0.3) is 0 Å². The molecule has 0 aliphatic carbocycles. The van der Waals surface area contributed by atoms with Crippen molar-refractivity contribution in [2.45, 2.75) is 38.1 Å². The fourth-order valence-corrected chi connectivity index (χ4v) is 2.21. The van der Waals surface area contributed by atoms with Crippen LogP contribution >= 0.6 is 0 Å². The standard InChI is InChI=1S/C12H21N5O/c1-17-9-11(15-16-17)3-2-4-12(18)14-10-5-7-13-8-6-10/h9-10,13H,2-8H2,1H3,(H,14,18). The van der Waals surface area contributed by atoms with E-state index in [1.54, 1.807) is 4.68 Å². The van der Waals surface area contributed by atoms with Crippen LogP contribution in [0.5, 0.6) is 0 Å². The van der Waals surface area contributed by atoms with Crippen LogP contribution in [0.4, 0.5) is 0 Å². The van der Waals surface area contributed by atoms with Crippen LogP contribution in [-0.2, 0) is 18.3 Å². The number of nitrogens with one attached hydrogen (secondary N) is 2. The fourth-order valence-electron chi connectivity index (χ4n) is 2.21. The van der Waals surface area contributed by atoms with Crippen molar-refractivity contribution in [2.24, 2.45) is 7.05 Å². The van der Waals surface area contributed by atoms with Crippen molar-refractivity contribution in [3.63, 3.8) is 0 Å². The normalized spacial score (nSPS) is 16.7. The van der Waals surface area contributed by atoms with Crippen molar-refractivity contribution in [1.29, 1.82) is 0 Å². The van der Waals surface area contributed by atoms with E-state index >= 15 is 0 Å². The van der Waals surface area contributed by atoms with E-state index < -0.39 is 0 Å². The number of hydrogen-bond acceptors (Lipinski definition) is 4. The summed E-state index contributed by atoms with van der Waals surface area (Å²) in [6, 6.07) is 0.357. The lowest BCUT2D eigenvalue weighted by Crippen LogP contribution is -2.42. The van der Waals surface area contributed by atoms with Crippen molar-refractivity contribution in [1.82, 2.24) is 25.6 Å². The van der Waals surface area contributed by atoms with E-state index in [0.29, 0.717) is 12.5 Å². The zero-order valence-electron chi connectivity index (χ0n) is 10.9. The van der Waals surface area contributed by atoms with Crippen LogP contribution < -0.4 is 10.6 Å². The van der Waals surface area contributed by atoms with Crippen LogP contribution in [0, 0.1) is 0 Å². The van der Waals surface area contributed by atoms with E-state index in [1.165, 1.54) is 0 Å². The molecule has 6 nitrogen and oxygen atoms in total. The van der Waals surface area contributed by atoms with Crippen molar-refractivity contribution in [3.05, 3.63) is 11.9 Å². The molecule has 0 saturated carbocycles. The number of carbonyl (C=O) groups is 1. The Morgan fingerprint density at radius 1 is 1.56 bits per heavy atom. The zero-order chi connectivity index (χ0) is 12.8. The van der Waals surface area contributed by atoms with Gasteiger partial charge in [0.2, 0.25) is 5.91 Å². The second kappa shape index (κ2) is 6.49.